The Bertz CT molecular complexity index is 463. The van der Waals surface area contributed by atoms with Gasteiger partial charge in [-0.05, 0) is 44.4 Å². The number of para-hydroxylation sites is 1. The van der Waals surface area contributed by atoms with Crippen LogP contribution < -0.4 is 16.0 Å². The Hall–Kier alpha value is -1.55. The molecule has 21 heavy (non-hydrogen) atoms. The summed E-state index contributed by atoms with van der Waals surface area (Å²) in [7, 11) is 0. The van der Waals surface area contributed by atoms with Gasteiger partial charge in [0.25, 0.3) is 0 Å². The number of amides is 2. The monoisotopic (exact) mass is 287 g/mol. The molecule has 1 aromatic carbocycles. The first-order chi connectivity index (χ1) is 10.3. The maximum Gasteiger partial charge on any atom is 0.319 e. The summed E-state index contributed by atoms with van der Waals surface area (Å²) in [6.45, 7) is 1.01. The second-order valence-corrected chi connectivity index (χ2v) is 6.42. The predicted octanol–water partition coefficient (Wildman–Crippen LogP) is 3.26. The highest BCUT2D eigenvalue weighted by molar-refractivity contribution is 5.89. The van der Waals surface area contributed by atoms with E-state index in [1.54, 1.807) is 0 Å². The number of urea groups is 1. The zero-order chi connectivity index (χ0) is 14.5. The van der Waals surface area contributed by atoms with Crippen molar-refractivity contribution >= 4 is 11.7 Å². The van der Waals surface area contributed by atoms with E-state index in [1.165, 1.54) is 32.1 Å². The van der Waals surface area contributed by atoms with Gasteiger partial charge >= 0.3 is 6.03 Å². The van der Waals surface area contributed by atoms with Gasteiger partial charge in [0.2, 0.25) is 0 Å². The molecule has 2 fully saturated rings. The summed E-state index contributed by atoms with van der Waals surface area (Å²) >= 11 is 0. The van der Waals surface area contributed by atoms with Crippen LogP contribution in [0.1, 0.15) is 44.9 Å². The lowest BCUT2D eigenvalue weighted by molar-refractivity contribution is 0.159. The number of piperidine rings is 1. The van der Waals surface area contributed by atoms with Crippen LogP contribution in [0.4, 0.5) is 10.5 Å². The highest BCUT2D eigenvalue weighted by Gasteiger charge is 2.37. The minimum absolute atomic E-state index is 0.0842. The lowest BCUT2D eigenvalue weighted by atomic mass is 9.75. The standard InChI is InChI=1S/C17H25N3O/c21-16(19-14-7-3-1-4-8-14)20-15-9-12-18-17(13-15)10-5-2-6-11-17/h1,3-4,7-8,15,18H,2,5-6,9-13H2,(H2,19,20,21). The maximum atomic E-state index is 12.1. The average molecular weight is 287 g/mol. The fraction of sp³-hybridized carbons (Fsp3) is 0.588. The van der Waals surface area contributed by atoms with Crippen molar-refractivity contribution in [1.29, 1.82) is 0 Å². The lowest BCUT2D eigenvalue weighted by Gasteiger charge is -2.44. The van der Waals surface area contributed by atoms with Gasteiger partial charge in [-0.1, -0.05) is 37.5 Å². The highest BCUT2D eigenvalue weighted by atomic mass is 16.2. The third kappa shape index (κ3) is 3.76. The molecule has 4 nitrogen and oxygen atoms in total. The molecule has 3 rings (SSSR count). The van der Waals surface area contributed by atoms with Crippen molar-refractivity contribution in [3.63, 3.8) is 0 Å². The number of hydrogen-bond donors (Lipinski definition) is 3. The largest absolute Gasteiger partial charge is 0.335 e. The Labute approximate surface area is 126 Å². The molecule has 114 valence electrons. The van der Waals surface area contributed by atoms with E-state index in [0.29, 0.717) is 0 Å². The van der Waals surface area contributed by atoms with Crippen LogP contribution in [-0.4, -0.2) is 24.2 Å². The Kier molecular flexibility index (Phi) is 4.44. The third-order valence-electron chi connectivity index (χ3n) is 4.81. The minimum atomic E-state index is -0.0842. The molecule has 0 aromatic heterocycles. The molecule has 1 heterocycles. The van der Waals surface area contributed by atoms with E-state index in [0.717, 1.165) is 25.1 Å². The summed E-state index contributed by atoms with van der Waals surface area (Å²) < 4.78 is 0. The molecule has 1 atom stereocenters. The molecular weight excluding hydrogens is 262 g/mol. The number of nitrogens with one attached hydrogen (secondary N) is 3. The van der Waals surface area contributed by atoms with Crippen LogP contribution in [-0.2, 0) is 0 Å². The van der Waals surface area contributed by atoms with Crippen LogP contribution >= 0.6 is 0 Å². The molecule has 0 radical (unpaired) electrons. The molecule has 1 unspecified atom stereocenters. The van der Waals surface area contributed by atoms with Crippen LogP contribution in [0.3, 0.4) is 0 Å². The van der Waals surface area contributed by atoms with Gasteiger partial charge < -0.3 is 16.0 Å². The number of benzene rings is 1. The van der Waals surface area contributed by atoms with Gasteiger partial charge in [-0.25, -0.2) is 4.79 Å². The first-order valence-electron chi connectivity index (χ1n) is 8.13. The molecule has 2 aliphatic rings. The summed E-state index contributed by atoms with van der Waals surface area (Å²) in [4.78, 5) is 12.1. The van der Waals surface area contributed by atoms with Gasteiger partial charge in [-0.15, -0.1) is 0 Å². The number of rotatable bonds is 2. The Morgan fingerprint density at radius 1 is 1.14 bits per heavy atom. The molecule has 4 heteroatoms. The van der Waals surface area contributed by atoms with Crippen molar-refractivity contribution < 1.29 is 4.79 Å². The van der Waals surface area contributed by atoms with Crippen molar-refractivity contribution in [1.82, 2.24) is 10.6 Å². The van der Waals surface area contributed by atoms with Gasteiger partial charge in [0, 0.05) is 17.3 Å². The fourth-order valence-corrected chi connectivity index (χ4v) is 3.76. The van der Waals surface area contributed by atoms with Gasteiger partial charge in [0.15, 0.2) is 0 Å². The predicted molar refractivity (Wildman–Crippen MR) is 85.4 cm³/mol. The molecule has 2 amide bonds. The van der Waals surface area contributed by atoms with E-state index < -0.39 is 0 Å². The van der Waals surface area contributed by atoms with Gasteiger partial charge in [-0.2, -0.15) is 0 Å². The fourth-order valence-electron chi connectivity index (χ4n) is 3.76. The SMILES string of the molecule is O=C(Nc1ccccc1)NC1CCNC2(CCCCC2)C1. The molecular formula is C17H25N3O. The summed E-state index contributed by atoms with van der Waals surface area (Å²) in [6, 6.07) is 9.82. The van der Waals surface area contributed by atoms with E-state index in [1.807, 2.05) is 30.3 Å². The summed E-state index contributed by atoms with van der Waals surface area (Å²) in [5, 5.41) is 9.77. The van der Waals surface area contributed by atoms with Crippen molar-refractivity contribution in [2.45, 2.75) is 56.5 Å². The Balaban J connectivity index is 1.53. The second kappa shape index (κ2) is 6.48. The van der Waals surface area contributed by atoms with Crippen molar-refractivity contribution in [3.05, 3.63) is 30.3 Å². The van der Waals surface area contributed by atoms with Gasteiger partial charge in [0.05, 0.1) is 0 Å². The molecule has 1 spiro atoms. The number of carbonyl (C=O) groups is 1. The van der Waals surface area contributed by atoms with Crippen LogP contribution in [0.5, 0.6) is 0 Å². The molecule has 1 aromatic rings. The van der Waals surface area contributed by atoms with Crippen molar-refractivity contribution in [2.24, 2.45) is 0 Å². The number of anilines is 1. The summed E-state index contributed by atoms with van der Waals surface area (Å²) in [6.07, 6.45) is 8.58. The Morgan fingerprint density at radius 3 is 2.67 bits per heavy atom. The lowest BCUT2D eigenvalue weighted by Crippen LogP contribution is -2.57. The molecule has 1 saturated carbocycles. The topological polar surface area (TPSA) is 53.2 Å². The minimum Gasteiger partial charge on any atom is -0.335 e. The van der Waals surface area contributed by atoms with Crippen molar-refractivity contribution in [2.75, 3.05) is 11.9 Å². The smallest absolute Gasteiger partial charge is 0.319 e. The summed E-state index contributed by atoms with van der Waals surface area (Å²) in [5.74, 6) is 0. The molecule has 3 N–H and O–H groups in total. The number of carbonyl (C=O) groups excluding carboxylic acids is 1. The summed E-state index contributed by atoms with van der Waals surface area (Å²) in [5.41, 5.74) is 1.12. The molecule has 1 aliphatic heterocycles. The Morgan fingerprint density at radius 2 is 1.90 bits per heavy atom. The van der Waals surface area contributed by atoms with Crippen LogP contribution in [0.15, 0.2) is 30.3 Å². The normalized spacial score (nSPS) is 24.5. The quantitative estimate of drug-likeness (QED) is 0.782. The van der Waals surface area contributed by atoms with E-state index in [4.69, 9.17) is 0 Å². The first-order valence-corrected chi connectivity index (χ1v) is 8.13. The van der Waals surface area contributed by atoms with E-state index in [-0.39, 0.29) is 17.6 Å². The van der Waals surface area contributed by atoms with E-state index in [2.05, 4.69) is 16.0 Å². The van der Waals surface area contributed by atoms with Crippen LogP contribution in [0.2, 0.25) is 0 Å². The van der Waals surface area contributed by atoms with E-state index >= 15 is 0 Å². The molecule has 1 aliphatic carbocycles. The maximum absolute atomic E-state index is 12.1. The zero-order valence-corrected chi connectivity index (χ0v) is 12.5. The highest BCUT2D eigenvalue weighted by Crippen LogP contribution is 2.34. The van der Waals surface area contributed by atoms with Gasteiger partial charge in [-0.3, -0.25) is 0 Å². The second-order valence-electron chi connectivity index (χ2n) is 6.42. The zero-order valence-electron chi connectivity index (χ0n) is 12.5. The molecule has 0 bridgehead atoms. The van der Waals surface area contributed by atoms with E-state index in [9.17, 15) is 4.79 Å². The van der Waals surface area contributed by atoms with Crippen LogP contribution in [0, 0.1) is 0 Å². The van der Waals surface area contributed by atoms with Crippen molar-refractivity contribution in [3.8, 4) is 0 Å². The van der Waals surface area contributed by atoms with Gasteiger partial charge in [0.1, 0.15) is 0 Å². The third-order valence-corrected chi connectivity index (χ3v) is 4.81. The average Bonchev–Trinajstić information content (AvgIpc) is 2.49. The number of hydrogen-bond acceptors (Lipinski definition) is 2. The molecule has 1 saturated heterocycles. The van der Waals surface area contributed by atoms with Crippen LogP contribution in [0.25, 0.3) is 0 Å². The first kappa shape index (κ1) is 14.4.